The van der Waals surface area contributed by atoms with Gasteiger partial charge in [0, 0.05) is 23.5 Å². The summed E-state index contributed by atoms with van der Waals surface area (Å²) >= 11 is 0. The van der Waals surface area contributed by atoms with Crippen molar-refractivity contribution in [1.29, 1.82) is 0 Å². The van der Waals surface area contributed by atoms with E-state index in [0.29, 0.717) is 28.6 Å². The van der Waals surface area contributed by atoms with E-state index in [9.17, 15) is 31.1 Å². The van der Waals surface area contributed by atoms with Gasteiger partial charge in [-0.3, -0.25) is 0 Å². The van der Waals surface area contributed by atoms with Crippen LogP contribution in [0.15, 0.2) is 66.7 Å². The Hall–Kier alpha value is -4.35. The lowest BCUT2D eigenvalue weighted by Crippen LogP contribution is -2.22. The fourth-order valence-corrected chi connectivity index (χ4v) is 3.12. The number of hydrogen-bond acceptors (Lipinski definition) is 6. The Morgan fingerprint density at radius 1 is 0.895 bits per heavy atom. The van der Waals surface area contributed by atoms with Gasteiger partial charge in [0.15, 0.2) is 11.6 Å². The molecule has 4 N–H and O–H groups in total. The van der Waals surface area contributed by atoms with Gasteiger partial charge in [0.05, 0.1) is 18.6 Å². The number of anilines is 2. The van der Waals surface area contributed by atoms with E-state index < -0.39 is 48.4 Å². The van der Waals surface area contributed by atoms with Gasteiger partial charge in [0.25, 0.3) is 0 Å². The fourth-order valence-electron chi connectivity index (χ4n) is 3.12. The molecule has 0 aliphatic rings. The SMILES string of the molecule is Nc1cc(N)cc(COC(=O)/C=C/c2ccc(C(F)(F)Oc3ccc(OCCC(F)(F)F)cc3F)cc2)c1. The highest BCUT2D eigenvalue weighted by Crippen LogP contribution is 2.34. The van der Waals surface area contributed by atoms with Gasteiger partial charge in [0.1, 0.15) is 12.4 Å². The van der Waals surface area contributed by atoms with Crippen LogP contribution in [-0.2, 0) is 22.2 Å². The first-order valence-electron chi connectivity index (χ1n) is 11.0. The summed E-state index contributed by atoms with van der Waals surface area (Å²) in [6, 6.07) is 11.8. The Bertz CT molecular complexity index is 1270. The van der Waals surface area contributed by atoms with Crippen molar-refractivity contribution in [3.63, 3.8) is 0 Å². The van der Waals surface area contributed by atoms with Gasteiger partial charge in [-0.05, 0) is 59.7 Å². The third-order valence-electron chi connectivity index (χ3n) is 4.87. The molecular weight excluding hydrogens is 518 g/mol. The molecule has 0 fully saturated rings. The lowest BCUT2D eigenvalue weighted by Gasteiger charge is -2.19. The molecule has 0 aliphatic carbocycles. The van der Waals surface area contributed by atoms with Crippen molar-refractivity contribution in [2.45, 2.75) is 25.3 Å². The van der Waals surface area contributed by atoms with Gasteiger partial charge in [-0.1, -0.05) is 12.1 Å². The minimum atomic E-state index is -4.45. The molecule has 0 bridgehead atoms. The molecule has 0 amide bonds. The number of ether oxygens (including phenoxy) is 3. The van der Waals surface area contributed by atoms with Crippen LogP contribution in [0.1, 0.15) is 23.1 Å². The van der Waals surface area contributed by atoms with Crippen molar-refractivity contribution in [3.05, 3.63) is 89.2 Å². The van der Waals surface area contributed by atoms with Gasteiger partial charge in [-0.25, -0.2) is 9.18 Å². The quantitative estimate of drug-likeness (QED) is 0.137. The summed E-state index contributed by atoms with van der Waals surface area (Å²) in [6.07, 6.45) is -7.20. The van der Waals surface area contributed by atoms with E-state index in [0.717, 1.165) is 30.3 Å². The topological polar surface area (TPSA) is 96.8 Å². The van der Waals surface area contributed by atoms with Gasteiger partial charge in [-0.15, -0.1) is 0 Å². The standard InChI is InChI=1S/C26H22F6N2O4/c27-22-14-21(36-10-9-25(28,29)30)6-7-23(22)38-26(31,32)18-4-1-16(2-5-18)3-8-24(35)37-15-17-11-19(33)13-20(34)12-17/h1-8,11-14H,9-10,15,33-34H2/b8-3+. The Kier molecular flexibility index (Phi) is 8.76. The lowest BCUT2D eigenvalue weighted by atomic mass is 10.1. The maximum absolute atomic E-state index is 14.6. The highest BCUT2D eigenvalue weighted by Gasteiger charge is 2.35. The van der Waals surface area contributed by atoms with Crippen LogP contribution in [0.5, 0.6) is 11.5 Å². The summed E-state index contributed by atoms with van der Waals surface area (Å²) in [4.78, 5) is 11.9. The molecule has 0 radical (unpaired) electrons. The van der Waals surface area contributed by atoms with Crippen LogP contribution < -0.4 is 20.9 Å². The first-order chi connectivity index (χ1) is 17.8. The number of benzene rings is 3. The number of nitrogen functional groups attached to an aromatic ring is 2. The van der Waals surface area contributed by atoms with Crippen LogP contribution in [0.3, 0.4) is 0 Å². The molecule has 0 aromatic heterocycles. The highest BCUT2D eigenvalue weighted by molar-refractivity contribution is 5.87. The highest BCUT2D eigenvalue weighted by atomic mass is 19.4. The van der Waals surface area contributed by atoms with Crippen LogP contribution in [0.25, 0.3) is 6.08 Å². The molecule has 202 valence electrons. The van der Waals surface area contributed by atoms with Crippen LogP contribution in [0.2, 0.25) is 0 Å². The minimum Gasteiger partial charge on any atom is -0.493 e. The van der Waals surface area contributed by atoms with E-state index >= 15 is 0 Å². The van der Waals surface area contributed by atoms with Crippen molar-refractivity contribution >= 4 is 23.4 Å². The van der Waals surface area contributed by atoms with Crippen molar-refractivity contribution in [1.82, 2.24) is 0 Å². The zero-order chi connectivity index (χ0) is 27.9. The first-order valence-corrected chi connectivity index (χ1v) is 11.0. The van der Waals surface area contributed by atoms with E-state index in [1.165, 1.54) is 18.2 Å². The Labute approximate surface area is 213 Å². The maximum atomic E-state index is 14.6. The molecule has 3 aromatic carbocycles. The summed E-state index contributed by atoms with van der Waals surface area (Å²) in [5.74, 6) is -3.03. The van der Waals surface area contributed by atoms with Crippen LogP contribution in [0, 0.1) is 5.82 Å². The van der Waals surface area contributed by atoms with E-state index in [2.05, 4.69) is 4.74 Å². The molecular formula is C26H22F6N2O4. The van der Waals surface area contributed by atoms with Gasteiger partial charge < -0.3 is 25.7 Å². The second kappa shape index (κ2) is 11.8. The molecule has 6 nitrogen and oxygen atoms in total. The molecule has 0 atom stereocenters. The Morgan fingerprint density at radius 3 is 2.16 bits per heavy atom. The van der Waals surface area contributed by atoms with Crippen LogP contribution >= 0.6 is 0 Å². The molecule has 0 heterocycles. The lowest BCUT2D eigenvalue weighted by molar-refractivity contribution is -0.187. The number of nitrogens with two attached hydrogens (primary N) is 2. The molecule has 0 saturated heterocycles. The molecule has 0 saturated carbocycles. The first kappa shape index (κ1) is 28.2. The van der Waals surface area contributed by atoms with Gasteiger partial charge in [0.2, 0.25) is 0 Å². The smallest absolute Gasteiger partial charge is 0.426 e. The van der Waals surface area contributed by atoms with Crippen LogP contribution in [0.4, 0.5) is 37.7 Å². The second-order valence-corrected chi connectivity index (χ2v) is 8.00. The van der Waals surface area contributed by atoms with Crippen molar-refractivity contribution in [2.24, 2.45) is 0 Å². The van der Waals surface area contributed by atoms with Gasteiger partial charge >= 0.3 is 18.3 Å². The number of halogens is 6. The molecule has 3 rings (SSSR count). The van der Waals surface area contributed by atoms with Crippen LogP contribution in [-0.4, -0.2) is 18.8 Å². The second-order valence-electron chi connectivity index (χ2n) is 8.00. The summed E-state index contributed by atoms with van der Waals surface area (Å²) in [6.45, 7) is -0.826. The van der Waals surface area contributed by atoms with Crippen molar-refractivity contribution in [2.75, 3.05) is 18.1 Å². The summed E-state index contributed by atoms with van der Waals surface area (Å²) < 4.78 is 94.2. The molecule has 0 spiro atoms. The van der Waals surface area contributed by atoms with Crippen molar-refractivity contribution < 1.29 is 45.3 Å². The monoisotopic (exact) mass is 540 g/mol. The number of carbonyl (C=O) groups is 1. The summed E-state index contributed by atoms with van der Waals surface area (Å²) in [5.41, 5.74) is 12.6. The third-order valence-corrected chi connectivity index (χ3v) is 4.87. The normalized spacial score (nSPS) is 11.9. The molecule has 12 heteroatoms. The summed E-state index contributed by atoms with van der Waals surface area (Å²) in [5, 5.41) is 0. The number of alkyl halides is 5. The average Bonchev–Trinajstić information content (AvgIpc) is 2.82. The largest absolute Gasteiger partial charge is 0.493 e. The molecule has 0 unspecified atom stereocenters. The zero-order valence-corrected chi connectivity index (χ0v) is 19.6. The average molecular weight is 540 g/mol. The van der Waals surface area contributed by atoms with E-state index in [-0.39, 0.29) is 12.4 Å². The molecule has 38 heavy (non-hydrogen) atoms. The molecule has 0 aliphatic heterocycles. The predicted octanol–water partition coefficient (Wildman–Crippen LogP) is 6.21. The number of rotatable bonds is 10. The van der Waals surface area contributed by atoms with E-state index in [1.54, 1.807) is 18.2 Å². The number of hydrogen-bond donors (Lipinski definition) is 2. The Morgan fingerprint density at radius 2 is 1.55 bits per heavy atom. The van der Waals surface area contributed by atoms with E-state index in [1.807, 2.05) is 0 Å². The fraction of sp³-hybridized carbons (Fsp3) is 0.192. The van der Waals surface area contributed by atoms with E-state index in [4.69, 9.17) is 20.9 Å². The van der Waals surface area contributed by atoms with Crippen molar-refractivity contribution in [3.8, 4) is 11.5 Å². The minimum absolute atomic E-state index is 0.0713. The third kappa shape index (κ3) is 8.64. The van der Waals surface area contributed by atoms with Gasteiger partial charge in [-0.2, -0.15) is 22.0 Å². The zero-order valence-electron chi connectivity index (χ0n) is 19.6. The molecule has 3 aromatic rings. The number of carbonyl (C=O) groups excluding carboxylic acids is 1. The number of esters is 1. The maximum Gasteiger partial charge on any atom is 0.426 e. The Balaban J connectivity index is 1.56. The summed E-state index contributed by atoms with van der Waals surface area (Å²) in [7, 11) is 0. The predicted molar refractivity (Wildman–Crippen MR) is 128 cm³/mol.